The molecule has 5 nitrogen and oxygen atoms in total. The molecule has 4 aromatic rings. The van der Waals surface area contributed by atoms with Gasteiger partial charge in [-0.1, -0.05) is 48.0 Å². The maximum absolute atomic E-state index is 12.9. The molecule has 158 valence electrons. The van der Waals surface area contributed by atoms with Gasteiger partial charge in [0.15, 0.2) is 0 Å². The maximum atomic E-state index is 12.9. The van der Waals surface area contributed by atoms with Crippen LogP contribution in [0.5, 0.6) is 0 Å². The van der Waals surface area contributed by atoms with Gasteiger partial charge >= 0.3 is 0 Å². The van der Waals surface area contributed by atoms with Gasteiger partial charge in [0, 0.05) is 18.7 Å². The molecule has 0 radical (unpaired) electrons. The third-order valence-corrected chi connectivity index (χ3v) is 7.43. The van der Waals surface area contributed by atoms with Crippen molar-refractivity contribution in [1.82, 2.24) is 14.3 Å². The maximum Gasteiger partial charge on any atom is 0.240 e. The predicted molar refractivity (Wildman–Crippen MR) is 124 cm³/mol. The number of hydrogen-bond acceptors (Lipinski definition) is 3. The average Bonchev–Trinajstić information content (AvgIpc) is 3.38. The molecule has 1 N–H and O–H groups in total. The van der Waals surface area contributed by atoms with Crippen LogP contribution in [0.3, 0.4) is 0 Å². The summed E-state index contributed by atoms with van der Waals surface area (Å²) in [6, 6.07) is 21.7. The summed E-state index contributed by atoms with van der Waals surface area (Å²) in [5, 5.41) is 0. The molecule has 31 heavy (non-hydrogen) atoms. The van der Waals surface area contributed by atoms with E-state index in [0.29, 0.717) is 18.0 Å². The zero-order chi connectivity index (χ0) is 21.4. The Morgan fingerprint density at radius 1 is 0.968 bits per heavy atom. The van der Waals surface area contributed by atoms with Crippen molar-refractivity contribution < 1.29 is 8.42 Å². The van der Waals surface area contributed by atoms with E-state index >= 15 is 0 Å². The fraction of sp³-hybridized carbons (Fsp3) is 0.240. The molecule has 1 aromatic heterocycles. The molecular formula is C25H25N3O2S. The fourth-order valence-electron chi connectivity index (χ4n) is 4.32. The summed E-state index contributed by atoms with van der Waals surface area (Å²) in [5.74, 6) is 0.845. The number of aryl methyl sites for hydroxylation is 3. The number of benzene rings is 3. The van der Waals surface area contributed by atoms with Crippen molar-refractivity contribution in [1.29, 1.82) is 0 Å². The quantitative estimate of drug-likeness (QED) is 0.490. The summed E-state index contributed by atoms with van der Waals surface area (Å²) >= 11 is 0. The average molecular weight is 432 g/mol. The van der Waals surface area contributed by atoms with E-state index in [1.807, 2.05) is 36.4 Å². The van der Waals surface area contributed by atoms with E-state index < -0.39 is 10.0 Å². The first kappa shape index (κ1) is 20.0. The summed E-state index contributed by atoms with van der Waals surface area (Å²) in [6.07, 6.45) is 3.10. The SMILES string of the molecule is Cc1ccc(-c2nc3ccccc3n2CCNS(=O)(=O)c2ccc3c(c2)CCC3)cc1. The Kier molecular flexibility index (Phi) is 5.12. The fourth-order valence-corrected chi connectivity index (χ4v) is 5.39. The molecule has 0 unspecified atom stereocenters. The zero-order valence-electron chi connectivity index (χ0n) is 17.5. The molecule has 1 heterocycles. The lowest BCUT2D eigenvalue weighted by Gasteiger charge is -2.12. The second kappa shape index (κ2) is 7.94. The van der Waals surface area contributed by atoms with Crippen LogP contribution in [0.15, 0.2) is 71.6 Å². The Morgan fingerprint density at radius 2 is 1.74 bits per heavy atom. The minimum absolute atomic E-state index is 0.290. The molecule has 0 aliphatic heterocycles. The lowest BCUT2D eigenvalue weighted by molar-refractivity contribution is 0.574. The van der Waals surface area contributed by atoms with Crippen LogP contribution in [0.25, 0.3) is 22.4 Å². The van der Waals surface area contributed by atoms with E-state index in [4.69, 9.17) is 4.98 Å². The topological polar surface area (TPSA) is 64.0 Å². The molecule has 3 aromatic carbocycles. The Hall–Kier alpha value is -2.96. The summed E-state index contributed by atoms with van der Waals surface area (Å²) in [6.45, 7) is 2.84. The molecule has 0 bridgehead atoms. The molecule has 0 atom stereocenters. The van der Waals surface area contributed by atoms with Gasteiger partial charge in [-0.15, -0.1) is 0 Å². The van der Waals surface area contributed by atoms with E-state index in [1.54, 1.807) is 6.07 Å². The van der Waals surface area contributed by atoms with Gasteiger partial charge < -0.3 is 4.57 Å². The lowest BCUT2D eigenvalue weighted by atomic mass is 10.1. The zero-order valence-corrected chi connectivity index (χ0v) is 18.3. The van der Waals surface area contributed by atoms with Crippen molar-refractivity contribution in [3.8, 4) is 11.4 Å². The van der Waals surface area contributed by atoms with Crippen LogP contribution in [-0.2, 0) is 29.4 Å². The smallest absolute Gasteiger partial charge is 0.240 e. The Balaban J connectivity index is 1.40. The Labute approximate surface area is 182 Å². The number of hydrogen-bond donors (Lipinski definition) is 1. The van der Waals surface area contributed by atoms with Gasteiger partial charge in [-0.3, -0.25) is 0 Å². The van der Waals surface area contributed by atoms with Crippen molar-refractivity contribution >= 4 is 21.1 Å². The number of fused-ring (bicyclic) bond motifs is 2. The molecule has 5 rings (SSSR count). The van der Waals surface area contributed by atoms with Crippen molar-refractivity contribution in [2.45, 2.75) is 37.6 Å². The minimum Gasteiger partial charge on any atom is -0.323 e. The largest absolute Gasteiger partial charge is 0.323 e. The second-order valence-corrected chi connectivity index (χ2v) is 9.89. The van der Waals surface area contributed by atoms with Crippen LogP contribution in [0.4, 0.5) is 0 Å². The summed E-state index contributed by atoms with van der Waals surface area (Å²) in [4.78, 5) is 5.16. The highest BCUT2D eigenvalue weighted by atomic mass is 32.2. The highest BCUT2D eigenvalue weighted by Crippen LogP contribution is 2.26. The molecule has 1 aliphatic carbocycles. The number of para-hydroxylation sites is 2. The van der Waals surface area contributed by atoms with Crippen LogP contribution in [-0.4, -0.2) is 24.5 Å². The van der Waals surface area contributed by atoms with Gasteiger partial charge in [0.05, 0.1) is 15.9 Å². The Bertz CT molecular complexity index is 1360. The number of sulfonamides is 1. The number of nitrogens with zero attached hydrogens (tertiary/aromatic N) is 2. The van der Waals surface area contributed by atoms with E-state index in [1.165, 1.54) is 11.1 Å². The van der Waals surface area contributed by atoms with Crippen LogP contribution in [0, 0.1) is 6.92 Å². The predicted octanol–water partition coefficient (Wildman–Crippen LogP) is 4.48. The van der Waals surface area contributed by atoms with Gasteiger partial charge in [0.1, 0.15) is 5.82 Å². The van der Waals surface area contributed by atoms with Gasteiger partial charge in [-0.05, 0) is 61.6 Å². The molecule has 0 saturated carbocycles. The lowest BCUT2D eigenvalue weighted by Crippen LogP contribution is -2.27. The number of aromatic nitrogens is 2. The van der Waals surface area contributed by atoms with Crippen molar-refractivity contribution in [3.63, 3.8) is 0 Å². The van der Waals surface area contributed by atoms with Gasteiger partial charge in [0.25, 0.3) is 0 Å². The number of imidazole rings is 1. The summed E-state index contributed by atoms with van der Waals surface area (Å²) in [7, 11) is -3.56. The number of rotatable bonds is 6. The highest BCUT2D eigenvalue weighted by Gasteiger charge is 2.19. The van der Waals surface area contributed by atoms with Crippen molar-refractivity contribution in [2.75, 3.05) is 6.54 Å². The van der Waals surface area contributed by atoms with Gasteiger partial charge in [0.2, 0.25) is 10.0 Å². The summed E-state index contributed by atoms with van der Waals surface area (Å²) in [5.41, 5.74) is 6.53. The molecular weight excluding hydrogens is 406 g/mol. The van der Waals surface area contributed by atoms with E-state index in [-0.39, 0.29) is 0 Å². The first-order valence-electron chi connectivity index (χ1n) is 10.6. The normalized spacial score (nSPS) is 13.6. The van der Waals surface area contributed by atoms with Crippen LogP contribution in [0.1, 0.15) is 23.1 Å². The third kappa shape index (κ3) is 3.89. The van der Waals surface area contributed by atoms with Crippen molar-refractivity contribution in [2.24, 2.45) is 0 Å². The van der Waals surface area contributed by atoms with Crippen molar-refractivity contribution in [3.05, 3.63) is 83.4 Å². The molecule has 0 spiro atoms. The first-order chi connectivity index (χ1) is 15.0. The van der Waals surface area contributed by atoms with Crippen LogP contribution >= 0.6 is 0 Å². The highest BCUT2D eigenvalue weighted by molar-refractivity contribution is 7.89. The monoisotopic (exact) mass is 431 g/mol. The molecule has 1 aliphatic rings. The van der Waals surface area contributed by atoms with Crippen LogP contribution in [0.2, 0.25) is 0 Å². The van der Waals surface area contributed by atoms with E-state index in [2.05, 4.69) is 40.5 Å². The standard InChI is InChI=1S/C25H25N3O2S/c1-18-9-11-20(12-10-18)25-27-23-7-2-3-8-24(23)28(25)16-15-26-31(29,30)22-14-13-19-5-4-6-21(19)17-22/h2-3,7-14,17,26H,4-6,15-16H2,1H3. The molecule has 0 saturated heterocycles. The van der Waals surface area contributed by atoms with E-state index in [0.717, 1.165) is 47.2 Å². The van der Waals surface area contributed by atoms with E-state index in [9.17, 15) is 8.42 Å². The third-order valence-electron chi connectivity index (χ3n) is 5.97. The minimum atomic E-state index is -3.56. The number of nitrogens with one attached hydrogen (secondary N) is 1. The summed E-state index contributed by atoms with van der Waals surface area (Å²) < 4.78 is 30.6. The molecule has 0 fully saturated rings. The van der Waals surface area contributed by atoms with Gasteiger partial charge in [-0.2, -0.15) is 0 Å². The Morgan fingerprint density at radius 3 is 2.58 bits per heavy atom. The first-order valence-corrected chi connectivity index (χ1v) is 12.1. The molecule has 0 amide bonds. The molecule has 6 heteroatoms. The second-order valence-electron chi connectivity index (χ2n) is 8.12. The van der Waals surface area contributed by atoms with Crippen LogP contribution < -0.4 is 4.72 Å². The van der Waals surface area contributed by atoms with Gasteiger partial charge in [-0.25, -0.2) is 18.1 Å².